The van der Waals surface area contributed by atoms with Gasteiger partial charge in [-0.15, -0.1) is 0 Å². The number of likely N-dealkylation sites (N-methyl/N-ethyl adjacent to an activating group) is 1. The predicted octanol–water partition coefficient (Wildman–Crippen LogP) is 4.80. The minimum atomic E-state index is -4.18. The number of carbonyl (C=O) groups is 2. The maximum absolute atomic E-state index is 14.0. The topological polar surface area (TPSA) is 96.0 Å². The Morgan fingerprint density at radius 3 is 2.18 bits per heavy atom. The smallest absolute Gasteiger partial charge is 0.264 e. The molecular weight excluding hydrogens is 538 g/mol. The Balaban J connectivity index is 2.06. The largest absolute Gasteiger partial charge is 0.497 e. The molecular formula is C29H34ClN3O5S. The molecule has 1 atom stereocenters. The highest BCUT2D eigenvalue weighted by atomic mass is 35.5. The van der Waals surface area contributed by atoms with E-state index in [1.54, 1.807) is 36.4 Å². The van der Waals surface area contributed by atoms with Crippen molar-refractivity contribution in [2.75, 3.05) is 24.5 Å². The fourth-order valence-corrected chi connectivity index (χ4v) is 5.73. The molecule has 0 aliphatic rings. The van der Waals surface area contributed by atoms with E-state index in [0.717, 1.165) is 15.4 Å². The van der Waals surface area contributed by atoms with Crippen LogP contribution in [0, 0.1) is 6.92 Å². The van der Waals surface area contributed by atoms with Crippen LogP contribution in [0.3, 0.4) is 0 Å². The first-order valence-corrected chi connectivity index (χ1v) is 14.5. The van der Waals surface area contributed by atoms with Crippen molar-refractivity contribution in [2.45, 2.75) is 44.7 Å². The maximum atomic E-state index is 14.0. The summed E-state index contributed by atoms with van der Waals surface area (Å²) in [5.41, 5.74) is 2.09. The number of carbonyl (C=O) groups excluding carboxylic acids is 2. The summed E-state index contributed by atoms with van der Waals surface area (Å²) < 4.78 is 33.9. The summed E-state index contributed by atoms with van der Waals surface area (Å²) in [6.07, 6.45) is 0.357. The molecule has 1 N–H and O–H groups in total. The molecule has 2 amide bonds. The molecule has 0 aromatic heterocycles. The number of methoxy groups -OCH3 is 1. The Kier molecular flexibility index (Phi) is 10.4. The molecule has 8 nitrogen and oxygen atoms in total. The summed E-state index contributed by atoms with van der Waals surface area (Å²) in [6, 6.07) is 19.0. The Hall–Kier alpha value is -3.56. The molecule has 0 saturated heterocycles. The van der Waals surface area contributed by atoms with Gasteiger partial charge in [-0.3, -0.25) is 13.9 Å². The van der Waals surface area contributed by atoms with Gasteiger partial charge in [-0.25, -0.2) is 8.42 Å². The number of ether oxygens (including phenoxy) is 1. The number of sulfonamides is 1. The van der Waals surface area contributed by atoms with Gasteiger partial charge in [0.05, 0.1) is 17.7 Å². The molecule has 3 aromatic carbocycles. The lowest BCUT2D eigenvalue weighted by molar-refractivity contribution is -0.140. The number of amides is 2. The van der Waals surface area contributed by atoms with Crippen molar-refractivity contribution in [3.8, 4) is 5.75 Å². The quantitative estimate of drug-likeness (QED) is 0.337. The third-order valence-corrected chi connectivity index (χ3v) is 8.42. The zero-order valence-electron chi connectivity index (χ0n) is 22.6. The highest BCUT2D eigenvalue weighted by molar-refractivity contribution is 7.92. The van der Waals surface area contributed by atoms with Gasteiger partial charge in [0.15, 0.2) is 0 Å². The van der Waals surface area contributed by atoms with Crippen LogP contribution in [0.4, 0.5) is 5.69 Å². The number of anilines is 1. The van der Waals surface area contributed by atoms with Gasteiger partial charge >= 0.3 is 0 Å². The number of hydrogen-bond acceptors (Lipinski definition) is 5. The van der Waals surface area contributed by atoms with Gasteiger partial charge in [0, 0.05) is 18.1 Å². The van der Waals surface area contributed by atoms with Crippen LogP contribution in [-0.4, -0.2) is 51.4 Å². The first kappa shape index (κ1) is 30.0. The van der Waals surface area contributed by atoms with E-state index in [9.17, 15) is 18.0 Å². The second kappa shape index (κ2) is 13.5. The highest BCUT2D eigenvalue weighted by Crippen LogP contribution is 2.27. The van der Waals surface area contributed by atoms with Gasteiger partial charge in [0.2, 0.25) is 11.8 Å². The van der Waals surface area contributed by atoms with E-state index in [4.69, 9.17) is 16.3 Å². The van der Waals surface area contributed by atoms with E-state index in [1.165, 1.54) is 24.1 Å². The minimum Gasteiger partial charge on any atom is -0.497 e. The fourth-order valence-electron chi connectivity index (χ4n) is 4.19. The van der Waals surface area contributed by atoms with Crippen molar-refractivity contribution >= 4 is 39.1 Å². The van der Waals surface area contributed by atoms with Crippen LogP contribution in [0.5, 0.6) is 5.75 Å². The van der Waals surface area contributed by atoms with Crippen molar-refractivity contribution in [3.05, 3.63) is 88.9 Å². The van der Waals surface area contributed by atoms with Crippen LogP contribution < -0.4 is 14.4 Å². The SMILES string of the molecule is CCNC(=O)C(CC)N(Cc1ccccc1C)C(=O)CN(c1ccc(Cl)cc1)S(=O)(=O)c1ccc(OC)cc1. The van der Waals surface area contributed by atoms with E-state index in [0.29, 0.717) is 23.7 Å². The lowest BCUT2D eigenvalue weighted by Crippen LogP contribution is -2.52. The van der Waals surface area contributed by atoms with Crippen LogP contribution in [-0.2, 0) is 26.2 Å². The number of rotatable bonds is 12. The first-order chi connectivity index (χ1) is 18.6. The number of benzene rings is 3. The standard InChI is InChI=1S/C29H34ClN3O5S/c1-5-27(29(35)31-6-2)32(19-22-10-8-7-9-21(22)3)28(34)20-33(24-13-11-23(30)12-14-24)39(36,37)26-17-15-25(38-4)16-18-26/h7-18,27H,5-6,19-20H2,1-4H3,(H,31,35). The third kappa shape index (κ3) is 7.30. The van der Waals surface area contributed by atoms with Crippen molar-refractivity contribution in [2.24, 2.45) is 0 Å². The molecule has 208 valence electrons. The van der Waals surface area contributed by atoms with Gasteiger partial charge in [-0.05, 0) is 79.9 Å². The average Bonchev–Trinajstić information content (AvgIpc) is 2.93. The maximum Gasteiger partial charge on any atom is 0.264 e. The minimum absolute atomic E-state index is 0.00716. The van der Waals surface area contributed by atoms with Crippen LogP contribution in [0.2, 0.25) is 5.02 Å². The summed E-state index contributed by atoms with van der Waals surface area (Å²) in [5, 5.41) is 3.23. The predicted molar refractivity (Wildman–Crippen MR) is 153 cm³/mol. The van der Waals surface area contributed by atoms with Crippen molar-refractivity contribution in [1.29, 1.82) is 0 Å². The Morgan fingerprint density at radius 1 is 0.974 bits per heavy atom. The van der Waals surface area contributed by atoms with Crippen molar-refractivity contribution in [1.82, 2.24) is 10.2 Å². The summed E-state index contributed by atoms with van der Waals surface area (Å²) in [4.78, 5) is 28.4. The average molecular weight is 572 g/mol. The molecule has 3 rings (SSSR count). The summed E-state index contributed by atoms with van der Waals surface area (Å²) in [6.45, 7) is 5.60. The zero-order valence-corrected chi connectivity index (χ0v) is 24.1. The number of nitrogens with one attached hydrogen (secondary N) is 1. The summed E-state index contributed by atoms with van der Waals surface area (Å²) in [5.74, 6) is -0.304. The van der Waals surface area contributed by atoms with Gasteiger partial charge in [0.1, 0.15) is 18.3 Å². The molecule has 0 saturated carbocycles. The number of aryl methyl sites for hydroxylation is 1. The zero-order chi connectivity index (χ0) is 28.6. The molecule has 0 heterocycles. The molecule has 0 aliphatic heterocycles. The molecule has 0 spiro atoms. The second-order valence-electron chi connectivity index (χ2n) is 8.93. The van der Waals surface area contributed by atoms with E-state index in [2.05, 4.69) is 5.32 Å². The van der Waals surface area contributed by atoms with Crippen molar-refractivity contribution < 1.29 is 22.7 Å². The number of halogens is 1. The van der Waals surface area contributed by atoms with Crippen LogP contribution in [0.1, 0.15) is 31.4 Å². The molecule has 3 aromatic rings. The van der Waals surface area contributed by atoms with E-state index < -0.39 is 28.5 Å². The van der Waals surface area contributed by atoms with Crippen LogP contribution in [0.25, 0.3) is 0 Å². The molecule has 39 heavy (non-hydrogen) atoms. The summed E-state index contributed by atoms with van der Waals surface area (Å²) in [7, 11) is -2.69. The molecule has 0 aliphatic carbocycles. The molecule has 0 radical (unpaired) electrons. The van der Waals surface area contributed by atoms with E-state index >= 15 is 0 Å². The van der Waals surface area contributed by atoms with Crippen molar-refractivity contribution in [3.63, 3.8) is 0 Å². The van der Waals surface area contributed by atoms with Gasteiger partial charge in [0.25, 0.3) is 10.0 Å². The Morgan fingerprint density at radius 2 is 1.62 bits per heavy atom. The molecule has 10 heteroatoms. The molecule has 1 unspecified atom stereocenters. The van der Waals surface area contributed by atoms with Gasteiger partial charge < -0.3 is 15.0 Å². The number of nitrogens with zero attached hydrogens (tertiary/aromatic N) is 2. The monoisotopic (exact) mass is 571 g/mol. The Bertz CT molecular complexity index is 1380. The van der Waals surface area contributed by atoms with Gasteiger partial charge in [-0.2, -0.15) is 0 Å². The van der Waals surface area contributed by atoms with E-state index in [-0.39, 0.29) is 23.0 Å². The van der Waals surface area contributed by atoms with E-state index in [1.807, 2.05) is 45.0 Å². The fraction of sp³-hybridized carbons (Fsp3) is 0.310. The lowest BCUT2D eigenvalue weighted by Gasteiger charge is -2.33. The molecule has 0 fully saturated rings. The van der Waals surface area contributed by atoms with Gasteiger partial charge in [-0.1, -0.05) is 42.8 Å². The second-order valence-corrected chi connectivity index (χ2v) is 11.2. The van der Waals surface area contributed by atoms with Crippen LogP contribution >= 0.6 is 11.6 Å². The molecule has 0 bridgehead atoms. The summed E-state index contributed by atoms with van der Waals surface area (Å²) >= 11 is 6.07. The number of hydrogen-bond donors (Lipinski definition) is 1. The highest BCUT2D eigenvalue weighted by Gasteiger charge is 2.33. The first-order valence-electron chi connectivity index (χ1n) is 12.7. The Labute approximate surface area is 235 Å². The normalized spacial score (nSPS) is 11.9. The lowest BCUT2D eigenvalue weighted by atomic mass is 10.1. The third-order valence-electron chi connectivity index (χ3n) is 6.38. The van der Waals surface area contributed by atoms with Crippen LogP contribution in [0.15, 0.2) is 77.7 Å².